The summed E-state index contributed by atoms with van der Waals surface area (Å²) in [5, 5.41) is 15.0. The van der Waals surface area contributed by atoms with Crippen LogP contribution in [0.5, 0.6) is 0 Å². The molecule has 0 radical (unpaired) electrons. The highest BCUT2D eigenvalue weighted by molar-refractivity contribution is 7.13. The van der Waals surface area contributed by atoms with Crippen molar-refractivity contribution in [3.63, 3.8) is 0 Å². The Morgan fingerprint density at radius 3 is 2.83 bits per heavy atom. The molecule has 0 spiro atoms. The molecule has 0 saturated heterocycles. The lowest BCUT2D eigenvalue weighted by Gasteiger charge is -1.98. The number of rotatable bonds is 3. The van der Waals surface area contributed by atoms with E-state index in [1.807, 2.05) is 49.2 Å². The third kappa shape index (κ3) is 2.57. The Morgan fingerprint density at radius 2 is 2.00 bits per heavy atom. The van der Waals surface area contributed by atoms with E-state index in [4.69, 9.17) is 4.98 Å². The molecule has 2 N–H and O–H groups in total. The van der Waals surface area contributed by atoms with Crippen molar-refractivity contribution in [1.29, 1.82) is 0 Å². The predicted molar refractivity (Wildman–Crippen MR) is 114 cm³/mol. The summed E-state index contributed by atoms with van der Waals surface area (Å²) >= 11 is 1.66. The van der Waals surface area contributed by atoms with Gasteiger partial charge < -0.3 is 4.98 Å². The minimum absolute atomic E-state index is 0.723. The first-order chi connectivity index (χ1) is 14.3. The molecule has 6 aromatic rings. The third-order valence-electron chi connectivity index (χ3n) is 4.98. The quantitative estimate of drug-likeness (QED) is 0.456. The van der Waals surface area contributed by atoms with Crippen molar-refractivity contribution in [1.82, 2.24) is 34.9 Å². The first kappa shape index (κ1) is 16.2. The van der Waals surface area contributed by atoms with Gasteiger partial charge >= 0.3 is 0 Å². The van der Waals surface area contributed by atoms with Gasteiger partial charge in [0.2, 0.25) is 0 Å². The van der Waals surface area contributed by atoms with E-state index in [0.29, 0.717) is 0 Å². The Balaban J connectivity index is 1.53. The smallest absolute Gasteiger partial charge is 0.159 e. The second-order valence-corrected chi connectivity index (χ2v) is 7.80. The van der Waals surface area contributed by atoms with Crippen LogP contribution in [0.4, 0.5) is 0 Å². The van der Waals surface area contributed by atoms with Crippen LogP contribution in [0, 0.1) is 0 Å². The Hall–Kier alpha value is -3.78. The molecule has 7 nitrogen and oxygen atoms in total. The molecular formula is C21H15N7S. The average Bonchev–Trinajstić information content (AvgIpc) is 3.51. The Kier molecular flexibility index (Phi) is 3.41. The predicted octanol–water partition coefficient (Wildman–Crippen LogP) is 4.63. The number of benzene rings is 1. The SMILES string of the molecule is Cn1cc(-c2ccc3[nH]nc(-c4nc5c(-c6cccs6)nccc5[nH]4)c3c2)cn1. The molecule has 1 aromatic carbocycles. The fraction of sp³-hybridized carbons (Fsp3) is 0.0476. The van der Waals surface area contributed by atoms with E-state index in [1.165, 1.54) is 0 Å². The number of hydrogen-bond donors (Lipinski definition) is 2. The molecule has 29 heavy (non-hydrogen) atoms. The monoisotopic (exact) mass is 397 g/mol. The Morgan fingerprint density at radius 1 is 1.03 bits per heavy atom. The van der Waals surface area contributed by atoms with Crippen LogP contribution in [-0.2, 0) is 7.05 Å². The molecule has 0 saturated carbocycles. The van der Waals surface area contributed by atoms with Gasteiger partial charge in [0.05, 0.1) is 22.1 Å². The van der Waals surface area contributed by atoms with Crippen LogP contribution < -0.4 is 0 Å². The minimum atomic E-state index is 0.723. The number of aromatic nitrogens is 7. The highest BCUT2D eigenvalue weighted by Gasteiger charge is 2.16. The maximum absolute atomic E-state index is 4.86. The van der Waals surface area contributed by atoms with Gasteiger partial charge in [0, 0.05) is 30.4 Å². The molecule has 0 bridgehead atoms. The minimum Gasteiger partial charge on any atom is -0.336 e. The molecular weight excluding hydrogens is 382 g/mol. The first-order valence-corrected chi connectivity index (χ1v) is 10.0. The number of imidazole rings is 1. The highest BCUT2D eigenvalue weighted by atomic mass is 32.1. The fourth-order valence-corrected chi connectivity index (χ4v) is 4.31. The molecule has 0 aliphatic heterocycles. The Bertz CT molecular complexity index is 1470. The van der Waals surface area contributed by atoms with Crippen LogP contribution in [0.3, 0.4) is 0 Å². The van der Waals surface area contributed by atoms with Gasteiger partial charge in [-0.25, -0.2) is 4.98 Å². The fourth-order valence-electron chi connectivity index (χ4n) is 3.59. The zero-order chi connectivity index (χ0) is 19.4. The lowest BCUT2D eigenvalue weighted by atomic mass is 10.1. The molecule has 8 heteroatoms. The van der Waals surface area contributed by atoms with Crippen molar-refractivity contribution in [3.8, 4) is 33.2 Å². The van der Waals surface area contributed by atoms with E-state index >= 15 is 0 Å². The maximum Gasteiger partial charge on any atom is 0.159 e. The second kappa shape index (κ2) is 6.11. The largest absolute Gasteiger partial charge is 0.336 e. The van der Waals surface area contributed by atoms with E-state index in [0.717, 1.165) is 55.2 Å². The number of fused-ring (bicyclic) bond motifs is 2. The number of nitrogens with one attached hydrogen (secondary N) is 2. The van der Waals surface area contributed by atoms with E-state index < -0.39 is 0 Å². The maximum atomic E-state index is 4.86. The molecule has 0 atom stereocenters. The summed E-state index contributed by atoms with van der Waals surface area (Å²) in [6.07, 6.45) is 5.67. The molecule has 0 amide bonds. The summed E-state index contributed by atoms with van der Waals surface area (Å²) in [7, 11) is 1.92. The van der Waals surface area contributed by atoms with E-state index in [9.17, 15) is 0 Å². The zero-order valence-corrected chi connectivity index (χ0v) is 16.2. The van der Waals surface area contributed by atoms with Gasteiger partial charge in [-0.3, -0.25) is 14.8 Å². The van der Waals surface area contributed by atoms with Crippen LogP contribution in [0.15, 0.2) is 60.4 Å². The molecule has 0 aliphatic carbocycles. The van der Waals surface area contributed by atoms with Gasteiger partial charge in [-0.15, -0.1) is 11.3 Å². The molecule has 5 aromatic heterocycles. The molecule has 6 rings (SSSR count). The van der Waals surface area contributed by atoms with Crippen molar-refractivity contribution < 1.29 is 0 Å². The normalized spacial score (nSPS) is 11.6. The van der Waals surface area contributed by atoms with Gasteiger partial charge in [-0.05, 0) is 35.2 Å². The molecule has 5 heterocycles. The summed E-state index contributed by atoms with van der Waals surface area (Å²) in [5.41, 5.74) is 6.59. The lowest BCUT2D eigenvalue weighted by Crippen LogP contribution is -1.84. The van der Waals surface area contributed by atoms with Crippen LogP contribution >= 0.6 is 11.3 Å². The van der Waals surface area contributed by atoms with Crippen molar-refractivity contribution >= 4 is 33.3 Å². The summed E-state index contributed by atoms with van der Waals surface area (Å²) in [6, 6.07) is 12.3. The topological polar surface area (TPSA) is 88.1 Å². The highest BCUT2D eigenvalue weighted by Crippen LogP contribution is 2.33. The summed E-state index contributed by atoms with van der Waals surface area (Å²) in [6.45, 7) is 0. The molecule has 0 unspecified atom stereocenters. The van der Waals surface area contributed by atoms with Crippen LogP contribution in [0.2, 0.25) is 0 Å². The van der Waals surface area contributed by atoms with Gasteiger partial charge in [0.15, 0.2) is 5.82 Å². The van der Waals surface area contributed by atoms with E-state index in [-0.39, 0.29) is 0 Å². The van der Waals surface area contributed by atoms with E-state index in [2.05, 4.69) is 43.5 Å². The number of nitrogens with zero attached hydrogens (tertiary/aromatic N) is 5. The molecule has 140 valence electrons. The van der Waals surface area contributed by atoms with E-state index in [1.54, 1.807) is 16.0 Å². The van der Waals surface area contributed by atoms with Crippen molar-refractivity contribution in [2.75, 3.05) is 0 Å². The third-order valence-corrected chi connectivity index (χ3v) is 5.86. The number of hydrogen-bond acceptors (Lipinski definition) is 5. The van der Waals surface area contributed by atoms with Gasteiger partial charge in [0.1, 0.15) is 16.9 Å². The van der Waals surface area contributed by atoms with Crippen LogP contribution in [0.1, 0.15) is 0 Å². The van der Waals surface area contributed by atoms with Gasteiger partial charge in [0.25, 0.3) is 0 Å². The average molecular weight is 397 g/mol. The molecule has 0 aliphatic rings. The number of aromatic amines is 2. The zero-order valence-electron chi connectivity index (χ0n) is 15.4. The standard InChI is InChI=1S/C21H15N7S/c1-28-11-13(10-23-28)12-4-5-15-14(9-12)18(27-26-15)21-24-16-6-7-22-20(19(16)25-21)17-3-2-8-29-17/h2-11H,1H3,(H,24,25)(H,26,27). The van der Waals surface area contributed by atoms with Gasteiger partial charge in [-0.1, -0.05) is 12.1 Å². The number of thiophene rings is 1. The van der Waals surface area contributed by atoms with Gasteiger partial charge in [-0.2, -0.15) is 10.2 Å². The summed E-state index contributed by atoms with van der Waals surface area (Å²) in [5.74, 6) is 0.723. The lowest BCUT2D eigenvalue weighted by molar-refractivity contribution is 0.768. The summed E-state index contributed by atoms with van der Waals surface area (Å²) in [4.78, 5) is 13.9. The molecule has 0 fully saturated rings. The van der Waals surface area contributed by atoms with Crippen molar-refractivity contribution in [3.05, 3.63) is 60.4 Å². The first-order valence-electron chi connectivity index (χ1n) is 9.12. The second-order valence-electron chi connectivity index (χ2n) is 6.85. The Labute approximate surface area is 169 Å². The van der Waals surface area contributed by atoms with Crippen LogP contribution in [-0.4, -0.2) is 34.9 Å². The number of pyridine rings is 1. The van der Waals surface area contributed by atoms with Crippen molar-refractivity contribution in [2.45, 2.75) is 0 Å². The van der Waals surface area contributed by atoms with Crippen molar-refractivity contribution in [2.24, 2.45) is 7.05 Å². The summed E-state index contributed by atoms with van der Waals surface area (Å²) < 4.78 is 1.80. The number of aryl methyl sites for hydroxylation is 1. The number of H-pyrrole nitrogens is 2. The van der Waals surface area contributed by atoms with Crippen LogP contribution in [0.25, 0.3) is 55.2 Å².